The van der Waals surface area contributed by atoms with Crippen LogP contribution in [0, 0.1) is 5.41 Å². The number of rotatable bonds is 4. The predicted molar refractivity (Wildman–Crippen MR) is 83.6 cm³/mol. The zero-order valence-electron chi connectivity index (χ0n) is 9.99. The molecule has 0 heterocycles. The first-order chi connectivity index (χ1) is 9.08. The van der Waals surface area contributed by atoms with Gasteiger partial charge in [-0.2, -0.15) is 0 Å². The Bertz CT molecular complexity index is 614. The highest BCUT2D eigenvalue weighted by Gasteiger charge is 2.07. The molecule has 0 bridgehead atoms. The van der Waals surface area contributed by atoms with E-state index in [-0.39, 0.29) is 5.84 Å². The standard InChI is InChI=1S/C14H12Br2N2O/c15-10-5-6-13(12(16)7-10)19-8-9-3-1-2-4-11(9)14(17)18/h1-7H,8H2,(H3,17,18). The molecule has 2 rings (SSSR count). The third kappa shape index (κ3) is 3.58. The summed E-state index contributed by atoms with van der Waals surface area (Å²) in [5, 5.41) is 7.54. The second-order valence-corrected chi connectivity index (χ2v) is 5.70. The molecule has 0 unspecified atom stereocenters. The van der Waals surface area contributed by atoms with Crippen LogP contribution in [-0.2, 0) is 6.61 Å². The first-order valence-electron chi connectivity index (χ1n) is 5.58. The van der Waals surface area contributed by atoms with Crippen molar-refractivity contribution in [1.29, 1.82) is 5.41 Å². The maximum atomic E-state index is 7.54. The van der Waals surface area contributed by atoms with Gasteiger partial charge >= 0.3 is 0 Å². The van der Waals surface area contributed by atoms with E-state index in [4.69, 9.17) is 15.9 Å². The van der Waals surface area contributed by atoms with Crippen LogP contribution in [0.1, 0.15) is 11.1 Å². The Hall–Kier alpha value is -1.33. The largest absolute Gasteiger partial charge is 0.488 e. The van der Waals surface area contributed by atoms with Crippen LogP contribution in [0.5, 0.6) is 5.75 Å². The molecule has 5 heteroatoms. The summed E-state index contributed by atoms with van der Waals surface area (Å²) in [7, 11) is 0. The summed E-state index contributed by atoms with van der Waals surface area (Å²) in [5.41, 5.74) is 7.14. The molecular formula is C14H12Br2N2O. The third-order valence-electron chi connectivity index (χ3n) is 2.58. The predicted octanol–water partition coefficient (Wildman–Crippen LogP) is 4.07. The molecule has 0 saturated heterocycles. The van der Waals surface area contributed by atoms with Gasteiger partial charge in [-0.05, 0) is 34.1 Å². The number of nitrogens with one attached hydrogen (secondary N) is 1. The van der Waals surface area contributed by atoms with E-state index in [1.807, 2.05) is 42.5 Å². The van der Waals surface area contributed by atoms with Gasteiger partial charge in [0.1, 0.15) is 18.2 Å². The number of hydrogen-bond donors (Lipinski definition) is 2. The Morgan fingerprint density at radius 2 is 1.89 bits per heavy atom. The van der Waals surface area contributed by atoms with Gasteiger partial charge in [-0.25, -0.2) is 0 Å². The molecule has 0 atom stereocenters. The lowest BCUT2D eigenvalue weighted by Crippen LogP contribution is -2.14. The number of amidine groups is 1. The van der Waals surface area contributed by atoms with Gasteiger partial charge in [0.25, 0.3) is 0 Å². The molecule has 0 aliphatic heterocycles. The maximum absolute atomic E-state index is 7.54. The van der Waals surface area contributed by atoms with Gasteiger partial charge in [-0.1, -0.05) is 40.2 Å². The molecule has 2 aromatic rings. The molecule has 0 spiro atoms. The molecule has 0 saturated carbocycles. The zero-order valence-corrected chi connectivity index (χ0v) is 13.2. The average Bonchev–Trinajstić information content (AvgIpc) is 2.38. The topological polar surface area (TPSA) is 59.1 Å². The van der Waals surface area contributed by atoms with Gasteiger partial charge < -0.3 is 10.5 Å². The quantitative estimate of drug-likeness (QED) is 0.617. The minimum atomic E-state index is 0.0501. The average molecular weight is 384 g/mol. The molecule has 0 aromatic heterocycles. The van der Waals surface area contributed by atoms with Crippen LogP contribution in [0.15, 0.2) is 51.4 Å². The van der Waals surface area contributed by atoms with E-state index in [2.05, 4.69) is 31.9 Å². The lowest BCUT2D eigenvalue weighted by Gasteiger charge is -2.11. The molecule has 3 nitrogen and oxygen atoms in total. The van der Waals surface area contributed by atoms with E-state index in [1.54, 1.807) is 0 Å². The number of nitrogens with two attached hydrogens (primary N) is 1. The summed E-state index contributed by atoms with van der Waals surface area (Å²) in [6.07, 6.45) is 0. The van der Waals surface area contributed by atoms with E-state index in [0.717, 1.165) is 20.3 Å². The first-order valence-corrected chi connectivity index (χ1v) is 7.16. The van der Waals surface area contributed by atoms with Crippen molar-refractivity contribution in [3.05, 3.63) is 62.5 Å². The van der Waals surface area contributed by atoms with Crippen molar-refractivity contribution in [2.24, 2.45) is 5.73 Å². The van der Waals surface area contributed by atoms with Gasteiger partial charge in [0.05, 0.1) is 4.47 Å². The molecule has 0 aliphatic rings. The fourth-order valence-corrected chi connectivity index (χ4v) is 2.82. The van der Waals surface area contributed by atoms with Crippen molar-refractivity contribution in [2.45, 2.75) is 6.61 Å². The van der Waals surface area contributed by atoms with Crippen molar-refractivity contribution < 1.29 is 4.74 Å². The highest BCUT2D eigenvalue weighted by Crippen LogP contribution is 2.29. The smallest absolute Gasteiger partial charge is 0.134 e. The third-order valence-corrected chi connectivity index (χ3v) is 3.70. The number of halogens is 2. The summed E-state index contributed by atoms with van der Waals surface area (Å²) in [6, 6.07) is 13.2. The van der Waals surface area contributed by atoms with Gasteiger partial charge in [-0.3, -0.25) is 5.41 Å². The van der Waals surface area contributed by atoms with Gasteiger partial charge in [0.2, 0.25) is 0 Å². The SMILES string of the molecule is N=C(N)c1ccccc1COc1ccc(Br)cc1Br. The normalized spacial score (nSPS) is 10.2. The summed E-state index contributed by atoms with van der Waals surface area (Å²) >= 11 is 6.84. The Labute approximate surface area is 128 Å². The van der Waals surface area contributed by atoms with Crippen molar-refractivity contribution in [3.8, 4) is 5.75 Å². The van der Waals surface area contributed by atoms with Crippen molar-refractivity contribution in [3.63, 3.8) is 0 Å². The number of ether oxygens (including phenoxy) is 1. The Kier molecular flexibility index (Phi) is 4.61. The lowest BCUT2D eigenvalue weighted by molar-refractivity contribution is 0.304. The second kappa shape index (κ2) is 6.21. The minimum Gasteiger partial charge on any atom is -0.488 e. The van der Waals surface area contributed by atoms with Crippen LogP contribution in [0.2, 0.25) is 0 Å². The van der Waals surface area contributed by atoms with Crippen LogP contribution in [0.3, 0.4) is 0 Å². The van der Waals surface area contributed by atoms with Crippen LogP contribution < -0.4 is 10.5 Å². The molecule has 0 amide bonds. The maximum Gasteiger partial charge on any atom is 0.134 e. The number of hydrogen-bond acceptors (Lipinski definition) is 2. The molecule has 19 heavy (non-hydrogen) atoms. The molecular weight excluding hydrogens is 372 g/mol. The Morgan fingerprint density at radius 3 is 2.58 bits per heavy atom. The van der Waals surface area contributed by atoms with Crippen molar-refractivity contribution in [2.75, 3.05) is 0 Å². The van der Waals surface area contributed by atoms with E-state index >= 15 is 0 Å². The molecule has 0 aliphatic carbocycles. The molecule has 3 N–H and O–H groups in total. The first kappa shape index (κ1) is 14.1. The second-order valence-electron chi connectivity index (χ2n) is 3.93. The van der Waals surface area contributed by atoms with Crippen LogP contribution in [-0.4, -0.2) is 5.84 Å². The molecule has 2 aromatic carbocycles. The minimum absolute atomic E-state index is 0.0501. The van der Waals surface area contributed by atoms with E-state index < -0.39 is 0 Å². The lowest BCUT2D eigenvalue weighted by atomic mass is 10.1. The summed E-state index contributed by atoms with van der Waals surface area (Å²) in [4.78, 5) is 0. The number of benzene rings is 2. The monoisotopic (exact) mass is 382 g/mol. The van der Waals surface area contributed by atoms with Crippen LogP contribution >= 0.6 is 31.9 Å². The fourth-order valence-electron chi connectivity index (χ4n) is 1.66. The molecule has 98 valence electrons. The van der Waals surface area contributed by atoms with E-state index in [1.165, 1.54) is 0 Å². The van der Waals surface area contributed by atoms with Crippen molar-refractivity contribution in [1.82, 2.24) is 0 Å². The van der Waals surface area contributed by atoms with E-state index in [9.17, 15) is 0 Å². The fraction of sp³-hybridized carbons (Fsp3) is 0.0714. The van der Waals surface area contributed by atoms with Gasteiger partial charge in [0, 0.05) is 15.6 Å². The Morgan fingerprint density at radius 1 is 1.16 bits per heavy atom. The highest BCUT2D eigenvalue weighted by atomic mass is 79.9. The summed E-state index contributed by atoms with van der Waals surface area (Å²) < 4.78 is 7.61. The summed E-state index contributed by atoms with van der Waals surface area (Å²) in [6.45, 7) is 0.371. The van der Waals surface area contributed by atoms with Crippen LogP contribution in [0.4, 0.5) is 0 Å². The number of nitrogen functional groups attached to an aromatic ring is 1. The van der Waals surface area contributed by atoms with Gasteiger partial charge in [-0.15, -0.1) is 0 Å². The van der Waals surface area contributed by atoms with Gasteiger partial charge in [0.15, 0.2) is 0 Å². The summed E-state index contributed by atoms with van der Waals surface area (Å²) in [5.74, 6) is 0.802. The van der Waals surface area contributed by atoms with Crippen molar-refractivity contribution >= 4 is 37.7 Å². The highest BCUT2D eigenvalue weighted by molar-refractivity contribution is 9.11. The molecule has 0 fully saturated rings. The zero-order chi connectivity index (χ0) is 13.8. The van der Waals surface area contributed by atoms with E-state index in [0.29, 0.717) is 12.2 Å². The van der Waals surface area contributed by atoms with Crippen LogP contribution in [0.25, 0.3) is 0 Å². The Balaban J connectivity index is 2.17. The molecule has 0 radical (unpaired) electrons.